The summed E-state index contributed by atoms with van der Waals surface area (Å²) in [7, 11) is 2.08. The van der Waals surface area contributed by atoms with Gasteiger partial charge in [-0.05, 0) is 49.8 Å². The fraction of sp³-hybridized carbons (Fsp3) is 0.263. The number of hydrogen-bond acceptors (Lipinski definition) is 3. The van der Waals surface area contributed by atoms with E-state index in [1.54, 1.807) is 24.3 Å². The molecule has 0 unspecified atom stereocenters. The second-order valence-corrected chi connectivity index (χ2v) is 5.52. The van der Waals surface area contributed by atoms with E-state index >= 15 is 0 Å². The predicted molar refractivity (Wildman–Crippen MR) is 90.9 cm³/mol. The maximum absolute atomic E-state index is 12.0. The molecule has 0 aliphatic rings. The highest BCUT2D eigenvalue weighted by Gasteiger charge is 2.05. The van der Waals surface area contributed by atoms with E-state index in [0.717, 1.165) is 19.5 Å². The Morgan fingerprint density at radius 1 is 1.13 bits per heavy atom. The predicted octanol–water partition coefficient (Wildman–Crippen LogP) is 2.81. The summed E-state index contributed by atoms with van der Waals surface area (Å²) in [6.07, 6.45) is 0.894. The van der Waals surface area contributed by atoms with Crippen molar-refractivity contribution in [1.82, 2.24) is 10.2 Å². The molecular weight excluding hydrogens is 286 g/mol. The number of nitrogens with one attached hydrogen (secondary N) is 1. The summed E-state index contributed by atoms with van der Waals surface area (Å²) in [5.74, 6) is -0.0970. The van der Waals surface area contributed by atoms with Crippen LogP contribution in [-0.2, 0) is 6.54 Å². The van der Waals surface area contributed by atoms with E-state index in [0.29, 0.717) is 17.7 Å². The van der Waals surface area contributed by atoms with E-state index in [4.69, 9.17) is 5.26 Å². The van der Waals surface area contributed by atoms with Gasteiger partial charge in [0.1, 0.15) is 0 Å². The highest BCUT2D eigenvalue weighted by molar-refractivity contribution is 5.94. The Hall–Kier alpha value is -2.64. The van der Waals surface area contributed by atoms with Crippen LogP contribution in [0.2, 0.25) is 0 Å². The quantitative estimate of drug-likeness (QED) is 0.800. The number of nitriles is 1. The lowest BCUT2D eigenvalue weighted by Gasteiger charge is -2.16. The van der Waals surface area contributed by atoms with Crippen LogP contribution < -0.4 is 5.32 Å². The highest BCUT2D eigenvalue weighted by Crippen LogP contribution is 2.04. The van der Waals surface area contributed by atoms with E-state index in [1.807, 2.05) is 24.3 Å². The lowest BCUT2D eigenvalue weighted by atomic mass is 10.1. The molecule has 0 heterocycles. The van der Waals surface area contributed by atoms with Gasteiger partial charge in [-0.3, -0.25) is 4.79 Å². The maximum Gasteiger partial charge on any atom is 0.251 e. The molecule has 1 N–H and O–H groups in total. The summed E-state index contributed by atoms with van der Waals surface area (Å²) in [5.41, 5.74) is 2.43. The molecule has 0 radical (unpaired) electrons. The second-order valence-electron chi connectivity index (χ2n) is 5.52. The van der Waals surface area contributed by atoms with E-state index < -0.39 is 0 Å². The first-order valence-electron chi connectivity index (χ1n) is 7.70. The second kappa shape index (κ2) is 8.72. The van der Waals surface area contributed by atoms with Gasteiger partial charge >= 0.3 is 0 Å². The van der Waals surface area contributed by atoms with Crippen molar-refractivity contribution in [2.75, 3.05) is 20.1 Å². The van der Waals surface area contributed by atoms with Crippen LogP contribution in [0, 0.1) is 11.3 Å². The summed E-state index contributed by atoms with van der Waals surface area (Å²) in [6.45, 7) is 2.46. The number of rotatable bonds is 7. The molecule has 2 aromatic carbocycles. The zero-order valence-corrected chi connectivity index (χ0v) is 13.3. The van der Waals surface area contributed by atoms with Gasteiger partial charge in [0.05, 0.1) is 11.6 Å². The van der Waals surface area contributed by atoms with Crippen molar-refractivity contribution in [1.29, 1.82) is 5.26 Å². The molecule has 2 aromatic rings. The van der Waals surface area contributed by atoms with Crippen molar-refractivity contribution in [2.24, 2.45) is 0 Å². The molecule has 0 fully saturated rings. The van der Waals surface area contributed by atoms with E-state index in [-0.39, 0.29) is 5.91 Å². The summed E-state index contributed by atoms with van der Waals surface area (Å²) < 4.78 is 0. The molecule has 0 bridgehead atoms. The van der Waals surface area contributed by atoms with Crippen LogP contribution in [0.3, 0.4) is 0 Å². The van der Waals surface area contributed by atoms with Crippen molar-refractivity contribution in [2.45, 2.75) is 13.0 Å². The Bertz CT molecular complexity index is 659. The monoisotopic (exact) mass is 307 g/mol. The zero-order chi connectivity index (χ0) is 16.5. The van der Waals surface area contributed by atoms with Gasteiger partial charge in [-0.2, -0.15) is 5.26 Å². The van der Waals surface area contributed by atoms with Gasteiger partial charge in [0, 0.05) is 18.7 Å². The molecule has 0 saturated heterocycles. The minimum absolute atomic E-state index is 0.0970. The van der Waals surface area contributed by atoms with Crippen molar-refractivity contribution in [3.8, 4) is 6.07 Å². The summed E-state index contributed by atoms with van der Waals surface area (Å²) in [5, 5.41) is 11.7. The molecule has 118 valence electrons. The standard InChI is InChI=1S/C19H21N3O/c1-22(15-17-6-3-2-4-7-17)13-5-12-21-19(23)18-10-8-16(14-20)9-11-18/h2-4,6-11H,5,12-13,15H2,1H3,(H,21,23). The molecule has 0 spiro atoms. The Morgan fingerprint density at radius 3 is 2.48 bits per heavy atom. The van der Waals surface area contributed by atoms with Crippen LogP contribution in [0.5, 0.6) is 0 Å². The van der Waals surface area contributed by atoms with Crippen molar-refractivity contribution in [3.63, 3.8) is 0 Å². The Balaban J connectivity index is 1.68. The molecule has 2 rings (SSSR count). The third kappa shape index (κ3) is 5.57. The SMILES string of the molecule is CN(CCCNC(=O)c1ccc(C#N)cc1)Cc1ccccc1. The normalized spacial score (nSPS) is 10.3. The Labute approximate surface area is 137 Å². The first kappa shape index (κ1) is 16.7. The van der Waals surface area contributed by atoms with E-state index in [9.17, 15) is 4.79 Å². The number of hydrogen-bond donors (Lipinski definition) is 1. The zero-order valence-electron chi connectivity index (χ0n) is 13.3. The molecule has 1 amide bonds. The molecule has 0 aliphatic heterocycles. The molecular formula is C19H21N3O. The average Bonchev–Trinajstić information content (AvgIpc) is 2.59. The van der Waals surface area contributed by atoms with Crippen LogP contribution in [0.15, 0.2) is 54.6 Å². The van der Waals surface area contributed by atoms with Crippen LogP contribution in [0.25, 0.3) is 0 Å². The number of carbonyl (C=O) groups excluding carboxylic acids is 1. The topological polar surface area (TPSA) is 56.1 Å². The minimum atomic E-state index is -0.0970. The van der Waals surface area contributed by atoms with Crippen LogP contribution in [0.4, 0.5) is 0 Å². The number of nitrogens with zero attached hydrogens (tertiary/aromatic N) is 2. The number of carbonyl (C=O) groups is 1. The molecule has 0 aliphatic carbocycles. The summed E-state index contributed by atoms with van der Waals surface area (Å²) in [6, 6.07) is 19.0. The molecule has 4 heteroatoms. The minimum Gasteiger partial charge on any atom is -0.352 e. The van der Waals surface area contributed by atoms with E-state index in [2.05, 4.69) is 29.4 Å². The Morgan fingerprint density at radius 2 is 1.83 bits per heavy atom. The van der Waals surface area contributed by atoms with Gasteiger partial charge in [0.25, 0.3) is 5.91 Å². The van der Waals surface area contributed by atoms with Gasteiger partial charge in [-0.1, -0.05) is 30.3 Å². The average molecular weight is 307 g/mol. The first-order valence-corrected chi connectivity index (χ1v) is 7.70. The van der Waals surface area contributed by atoms with Crippen LogP contribution >= 0.6 is 0 Å². The molecule has 4 nitrogen and oxygen atoms in total. The fourth-order valence-electron chi connectivity index (χ4n) is 2.32. The van der Waals surface area contributed by atoms with Crippen molar-refractivity contribution in [3.05, 3.63) is 71.3 Å². The number of benzene rings is 2. The lowest BCUT2D eigenvalue weighted by molar-refractivity contribution is 0.0952. The largest absolute Gasteiger partial charge is 0.352 e. The third-order valence-corrected chi connectivity index (χ3v) is 3.57. The number of amides is 1. The van der Waals surface area contributed by atoms with Crippen molar-refractivity contribution >= 4 is 5.91 Å². The molecule has 0 atom stereocenters. The maximum atomic E-state index is 12.0. The van der Waals surface area contributed by atoms with E-state index in [1.165, 1.54) is 5.56 Å². The summed E-state index contributed by atoms with van der Waals surface area (Å²) in [4.78, 5) is 14.2. The van der Waals surface area contributed by atoms with Gasteiger partial charge in [0.15, 0.2) is 0 Å². The van der Waals surface area contributed by atoms with Crippen LogP contribution in [-0.4, -0.2) is 30.9 Å². The molecule has 0 saturated carbocycles. The van der Waals surface area contributed by atoms with Gasteiger partial charge in [-0.25, -0.2) is 0 Å². The highest BCUT2D eigenvalue weighted by atomic mass is 16.1. The van der Waals surface area contributed by atoms with Crippen LogP contribution in [0.1, 0.15) is 27.9 Å². The van der Waals surface area contributed by atoms with Gasteiger partial charge < -0.3 is 10.2 Å². The Kier molecular flexibility index (Phi) is 6.34. The smallest absolute Gasteiger partial charge is 0.251 e. The molecule has 0 aromatic heterocycles. The van der Waals surface area contributed by atoms with Crippen molar-refractivity contribution < 1.29 is 4.79 Å². The fourth-order valence-corrected chi connectivity index (χ4v) is 2.32. The first-order chi connectivity index (χ1) is 11.2. The summed E-state index contributed by atoms with van der Waals surface area (Å²) >= 11 is 0. The third-order valence-electron chi connectivity index (χ3n) is 3.57. The molecule has 23 heavy (non-hydrogen) atoms. The van der Waals surface area contributed by atoms with Gasteiger partial charge in [0.2, 0.25) is 0 Å². The lowest BCUT2D eigenvalue weighted by Crippen LogP contribution is -2.28. The van der Waals surface area contributed by atoms with Gasteiger partial charge in [-0.15, -0.1) is 0 Å².